The fourth-order valence-electron chi connectivity index (χ4n) is 2.51. The Balaban J connectivity index is 2.07. The van der Waals surface area contributed by atoms with Crippen LogP contribution < -0.4 is 15.0 Å². The monoisotopic (exact) mass is 364 g/mol. The second-order valence-corrected chi connectivity index (χ2v) is 6.71. The van der Waals surface area contributed by atoms with Crippen molar-refractivity contribution in [3.63, 3.8) is 0 Å². The highest BCUT2D eigenvalue weighted by atomic mass is 32.1. The number of aryl methyl sites for hydroxylation is 1. The fourth-order valence-corrected chi connectivity index (χ4v) is 3.28. The number of nitro benzene ring substituents is 1. The van der Waals surface area contributed by atoms with E-state index in [2.05, 4.69) is 11.4 Å². The third-order valence-electron chi connectivity index (χ3n) is 3.91. The van der Waals surface area contributed by atoms with Crippen molar-refractivity contribution in [1.82, 2.24) is 0 Å². The number of carbonyl (C=O) groups excluding carboxylic acids is 1. The van der Waals surface area contributed by atoms with E-state index >= 15 is 0 Å². The standard InChI is InChI=1S/C17H21N3O4S/c1-4-19(10-13-6-5-7-25-13)11-17(21)18-14-9-16(24-3)15(20(22)23)8-12(14)2/h5-9H,4,10-11H2,1-3H3,(H,18,21)/p+1. The van der Waals surface area contributed by atoms with E-state index in [9.17, 15) is 14.9 Å². The molecule has 1 aromatic heterocycles. The van der Waals surface area contributed by atoms with Gasteiger partial charge in [0.15, 0.2) is 12.3 Å². The molecule has 1 aromatic carbocycles. The third-order valence-corrected chi connectivity index (χ3v) is 4.79. The predicted molar refractivity (Wildman–Crippen MR) is 97.4 cm³/mol. The number of rotatable bonds is 8. The Morgan fingerprint density at radius 3 is 2.76 bits per heavy atom. The van der Waals surface area contributed by atoms with Crippen LogP contribution in [0.1, 0.15) is 17.4 Å². The van der Waals surface area contributed by atoms with Crippen LogP contribution in [0.4, 0.5) is 11.4 Å². The molecule has 0 radical (unpaired) electrons. The lowest BCUT2D eigenvalue weighted by molar-refractivity contribution is -0.903. The van der Waals surface area contributed by atoms with Crippen LogP contribution in [0.2, 0.25) is 0 Å². The van der Waals surface area contributed by atoms with Gasteiger partial charge in [0.1, 0.15) is 6.54 Å². The number of anilines is 1. The quantitative estimate of drug-likeness (QED) is 0.554. The first kappa shape index (κ1) is 18.9. The molecule has 2 N–H and O–H groups in total. The molecule has 1 atom stereocenters. The number of hydrogen-bond donors (Lipinski definition) is 2. The van der Waals surface area contributed by atoms with Gasteiger partial charge in [-0.25, -0.2) is 0 Å². The van der Waals surface area contributed by atoms with Crippen LogP contribution in [-0.4, -0.2) is 31.0 Å². The SMILES string of the molecule is CC[NH+](CC(=O)Nc1cc(OC)c([N+](=O)[O-])cc1C)Cc1cccs1. The molecule has 0 spiro atoms. The predicted octanol–water partition coefficient (Wildman–Crippen LogP) is 2.02. The lowest BCUT2D eigenvalue weighted by Gasteiger charge is -2.17. The van der Waals surface area contributed by atoms with E-state index in [-0.39, 0.29) is 17.3 Å². The van der Waals surface area contributed by atoms with Crippen LogP contribution in [0, 0.1) is 17.0 Å². The lowest BCUT2D eigenvalue weighted by atomic mass is 10.1. The maximum atomic E-state index is 12.4. The van der Waals surface area contributed by atoms with Crippen molar-refractivity contribution < 1.29 is 19.4 Å². The molecule has 8 heteroatoms. The summed E-state index contributed by atoms with van der Waals surface area (Å²) < 4.78 is 5.06. The van der Waals surface area contributed by atoms with Gasteiger partial charge >= 0.3 is 5.69 Å². The second kappa shape index (κ2) is 8.59. The van der Waals surface area contributed by atoms with Crippen molar-refractivity contribution in [2.45, 2.75) is 20.4 Å². The van der Waals surface area contributed by atoms with Crippen LogP contribution in [0.3, 0.4) is 0 Å². The van der Waals surface area contributed by atoms with Gasteiger partial charge in [-0.1, -0.05) is 6.07 Å². The number of carbonyl (C=O) groups is 1. The van der Waals surface area contributed by atoms with Crippen molar-refractivity contribution >= 4 is 28.6 Å². The number of nitro groups is 1. The van der Waals surface area contributed by atoms with Crippen LogP contribution in [0.5, 0.6) is 5.75 Å². The number of methoxy groups -OCH3 is 1. The van der Waals surface area contributed by atoms with E-state index in [4.69, 9.17) is 4.74 Å². The molecule has 2 rings (SSSR count). The molecule has 0 aliphatic carbocycles. The van der Waals surface area contributed by atoms with Gasteiger partial charge in [-0.3, -0.25) is 14.9 Å². The van der Waals surface area contributed by atoms with E-state index in [0.29, 0.717) is 17.8 Å². The summed E-state index contributed by atoms with van der Waals surface area (Å²) in [5.74, 6) is -0.00316. The smallest absolute Gasteiger partial charge is 0.311 e. The zero-order chi connectivity index (χ0) is 18.4. The summed E-state index contributed by atoms with van der Waals surface area (Å²) in [5.41, 5.74) is 1.03. The van der Waals surface area contributed by atoms with Gasteiger partial charge in [0.2, 0.25) is 0 Å². The molecule has 0 fully saturated rings. The minimum absolute atomic E-state index is 0.114. The van der Waals surface area contributed by atoms with Gasteiger partial charge in [-0.15, -0.1) is 11.3 Å². The zero-order valence-electron chi connectivity index (χ0n) is 14.5. The average Bonchev–Trinajstić information content (AvgIpc) is 3.08. The number of benzene rings is 1. The van der Waals surface area contributed by atoms with Gasteiger partial charge in [0.25, 0.3) is 5.91 Å². The summed E-state index contributed by atoms with van der Waals surface area (Å²) >= 11 is 1.68. The molecule has 2 aromatic rings. The van der Waals surface area contributed by atoms with Crippen LogP contribution in [0.15, 0.2) is 29.6 Å². The largest absolute Gasteiger partial charge is 0.490 e. The normalized spacial score (nSPS) is 11.8. The van der Waals surface area contributed by atoms with Gasteiger partial charge in [0, 0.05) is 17.8 Å². The minimum Gasteiger partial charge on any atom is -0.490 e. The molecular formula is C17H22N3O4S+. The van der Waals surface area contributed by atoms with Crippen molar-refractivity contribution in [3.8, 4) is 5.75 Å². The third kappa shape index (κ3) is 5.01. The molecule has 0 bridgehead atoms. The van der Waals surface area contributed by atoms with Crippen molar-refractivity contribution in [1.29, 1.82) is 0 Å². The second-order valence-electron chi connectivity index (χ2n) is 5.68. The van der Waals surface area contributed by atoms with Gasteiger partial charge in [-0.05, 0) is 30.9 Å². The number of quaternary nitrogens is 1. The zero-order valence-corrected chi connectivity index (χ0v) is 15.3. The molecule has 1 unspecified atom stereocenters. The Labute approximate surface area is 150 Å². The molecular weight excluding hydrogens is 342 g/mol. The fraction of sp³-hybridized carbons (Fsp3) is 0.353. The van der Waals surface area contributed by atoms with E-state index in [1.807, 2.05) is 18.4 Å². The molecule has 134 valence electrons. The Kier molecular flexibility index (Phi) is 6.49. The Bertz CT molecular complexity index is 747. The Morgan fingerprint density at radius 1 is 1.44 bits per heavy atom. The molecule has 0 saturated carbocycles. The number of ether oxygens (including phenoxy) is 1. The number of nitrogens with one attached hydrogen (secondary N) is 2. The van der Waals surface area contributed by atoms with Crippen LogP contribution in [-0.2, 0) is 11.3 Å². The molecule has 7 nitrogen and oxygen atoms in total. The molecule has 1 heterocycles. The number of nitrogens with zero attached hydrogens (tertiary/aromatic N) is 1. The van der Waals surface area contributed by atoms with E-state index in [1.165, 1.54) is 24.1 Å². The highest BCUT2D eigenvalue weighted by Gasteiger charge is 2.20. The summed E-state index contributed by atoms with van der Waals surface area (Å²) in [7, 11) is 1.37. The summed E-state index contributed by atoms with van der Waals surface area (Å²) in [6.07, 6.45) is 0. The maximum Gasteiger partial charge on any atom is 0.311 e. The molecule has 0 saturated heterocycles. The highest BCUT2D eigenvalue weighted by Crippen LogP contribution is 2.32. The highest BCUT2D eigenvalue weighted by molar-refractivity contribution is 7.09. The maximum absolute atomic E-state index is 12.4. The summed E-state index contributed by atoms with van der Waals surface area (Å²) in [6.45, 7) is 5.71. The van der Waals surface area contributed by atoms with Gasteiger partial charge in [-0.2, -0.15) is 0 Å². The molecule has 0 aliphatic heterocycles. The van der Waals surface area contributed by atoms with Crippen LogP contribution in [0.25, 0.3) is 0 Å². The topological polar surface area (TPSA) is 85.9 Å². The van der Waals surface area contributed by atoms with Crippen LogP contribution >= 0.6 is 11.3 Å². The molecule has 1 amide bonds. The van der Waals surface area contributed by atoms with E-state index in [1.54, 1.807) is 18.3 Å². The minimum atomic E-state index is -0.499. The summed E-state index contributed by atoms with van der Waals surface area (Å²) in [5, 5.41) is 15.9. The van der Waals surface area contributed by atoms with Crippen molar-refractivity contribution in [3.05, 3.63) is 50.2 Å². The average molecular weight is 364 g/mol. The van der Waals surface area contributed by atoms with Gasteiger partial charge in [0.05, 0.1) is 23.5 Å². The summed E-state index contributed by atoms with van der Waals surface area (Å²) in [6, 6.07) is 6.96. The summed E-state index contributed by atoms with van der Waals surface area (Å²) in [4.78, 5) is 25.3. The molecule has 0 aliphatic rings. The number of thiophene rings is 1. The lowest BCUT2D eigenvalue weighted by Crippen LogP contribution is -3.11. The van der Waals surface area contributed by atoms with E-state index in [0.717, 1.165) is 18.0 Å². The Morgan fingerprint density at radius 2 is 2.20 bits per heavy atom. The number of likely N-dealkylation sites (N-methyl/N-ethyl adjacent to an activating group) is 1. The van der Waals surface area contributed by atoms with Crippen molar-refractivity contribution in [2.24, 2.45) is 0 Å². The van der Waals surface area contributed by atoms with Gasteiger partial charge < -0.3 is 15.0 Å². The first-order valence-corrected chi connectivity index (χ1v) is 8.81. The first-order chi connectivity index (χ1) is 11.9. The molecule has 25 heavy (non-hydrogen) atoms. The van der Waals surface area contributed by atoms with Crippen molar-refractivity contribution in [2.75, 3.05) is 25.5 Å². The number of hydrogen-bond acceptors (Lipinski definition) is 5. The van der Waals surface area contributed by atoms with E-state index < -0.39 is 4.92 Å². The first-order valence-electron chi connectivity index (χ1n) is 7.93. The number of amides is 1. The Hall–Kier alpha value is -2.45.